The van der Waals surface area contributed by atoms with E-state index < -0.39 is 0 Å². The number of hydrogen-bond acceptors (Lipinski definition) is 1. The third kappa shape index (κ3) is 2.66. The molecule has 0 N–H and O–H groups in total. The molecule has 1 heterocycles. The normalized spacial score (nSPS) is 12.1. The predicted molar refractivity (Wildman–Crippen MR) is 121 cm³/mol. The standard InChI is InChI=1S/C27H23N/c1-27(2,3)20-10-12-21-19(17-20)9-11-23-22(21)13-14-25-24(23)15-16-28-26(25)18-7-5-4-6-8-18/h4-17H,1-3H3. The first-order chi connectivity index (χ1) is 13.5. The van der Waals surface area contributed by atoms with Crippen molar-refractivity contribution in [3.05, 3.63) is 90.6 Å². The van der Waals surface area contributed by atoms with Crippen molar-refractivity contribution in [1.82, 2.24) is 4.98 Å². The van der Waals surface area contributed by atoms with Crippen LogP contribution in [0, 0.1) is 0 Å². The van der Waals surface area contributed by atoms with Gasteiger partial charge in [0.1, 0.15) is 0 Å². The maximum Gasteiger partial charge on any atom is 0.0780 e. The summed E-state index contributed by atoms with van der Waals surface area (Å²) in [5.41, 5.74) is 3.73. The average molecular weight is 361 g/mol. The second-order valence-corrected chi connectivity index (χ2v) is 8.53. The lowest BCUT2D eigenvalue weighted by Gasteiger charge is -2.20. The Morgan fingerprint density at radius 3 is 2.04 bits per heavy atom. The molecule has 5 rings (SSSR count). The van der Waals surface area contributed by atoms with Crippen LogP contribution in [0.1, 0.15) is 26.3 Å². The Labute approximate surface area is 165 Å². The highest BCUT2D eigenvalue weighted by Gasteiger charge is 2.15. The van der Waals surface area contributed by atoms with E-state index in [0.29, 0.717) is 0 Å². The van der Waals surface area contributed by atoms with Gasteiger partial charge in [0.05, 0.1) is 5.69 Å². The van der Waals surface area contributed by atoms with E-state index in [-0.39, 0.29) is 5.41 Å². The Kier molecular flexibility index (Phi) is 3.73. The van der Waals surface area contributed by atoms with Gasteiger partial charge in [-0.1, -0.05) is 93.6 Å². The second kappa shape index (κ2) is 6.17. The minimum atomic E-state index is 0.156. The molecule has 0 amide bonds. The topological polar surface area (TPSA) is 12.9 Å². The van der Waals surface area contributed by atoms with Crippen LogP contribution in [0.4, 0.5) is 0 Å². The van der Waals surface area contributed by atoms with Crippen molar-refractivity contribution in [2.24, 2.45) is 0 Å². The number of rotatable bonds is 1. The molecule has 28 heavy (non-hydrogen) atoms. The molecule has 1 aromatic heterocycles. The zero-order valence-corrected chi connectivity index (χ0v) is 16.5. The summed E-state index contributed by atoms with van der Waals surface area (Å²) in [4.78, 5) is 4.68. The quantitative estimate of drug-likeness (QED) is 0.282. The highest BCUT2D eigenvalue weighted by Crippen LogP contribution is 2.36. The van der Waals surface area contributed by atoms with E-state index in [9.17, 15) is 0 Å². The molecule has 0 aliphatic carbocycles. The largest absolute Gasteiger partial charge is 0.256 e. The first-order valence-corrected chi connectivity index (χ1v) is 9.82. The van der Waals surface area contributed by atoms with Crippen LogP contribution in [0.3, 0.4) is 0 Å². The summed E-state index contributed by atoms with van der Waals surface area (Å²) >= 11 is 0. The van der Waals surface area contributed by atoms with Crippen LogP contribution in [-0.2, 0) is 5.41 Å². The molecule has 0 aliphatic heterocycles. The van der Waals surface area contributed by atoms with Crippen LogP contribution in [0.25, 0.3) is 43.6 Å². The molecule has 0 saturated heterocycles. The minimum absolute atomic E-state index is 0.156. The van der Waals surface area contributed by atoms with Crippen molar-refractivity contribution >= 4 is 32.3 Å². The van der Waals surface area contributed by atoms with Gasteiger partial charge in [-0.2, -0.15) is 0 Å². The maximum absolute atomic E-state index is 4.68. The van der Waals surface area contributed by atoms with E-state index in [1.165, 1.54) is 37.9 Å². The lowest BCUT2D eigenvalue weighted by molar-refractivity contribution is 0.591. The van der Waals surface area contributed by atoms with Crippen molar-refractivity contribution in [1.29, 1.82) is 0 Å². The average Bonchev–Trinajstić information content (AvgIpc) is 2.72. The van der Waals surface area contributed by atoms with Gasteiger partial charge in [0.15, 0.2) is 0 Å². The summed E-state index contributed by atoms with van der Waals surface area (Å²) in [5, 5.41) is 7.66. The number of nitrogens with zero attached hydrogens (tertiary/aromatic N) is 1. The zero-order valence-electron chi connectivity index (χ0n) is 16.5. The number of hydrogen-bond donors (Lipinski definition) is 0. The molecule has 0 radical (unpaired) electrons. The van der Waals surface area contributed by atoms with Gasteiger partial charge in [0.2, 0.25) is 0 Å². The zero-order chi connectivity index (χ0) is 19.3. The van der Waals surface area contributed by atoms with Crippen molar-refractivity contribution in [2.45, 2.75) is 26.2 Å². The van der Waals surface area contributed by atoms with Gasteiger partial charge in [-0.05, 0) is 44.0 Å². The van der Waals surface area contributed by atoms with E-state index in [1.54, 1.807) is 0 Å². The van der Waals surface area contributed by atoms with Crippen LogP contribution in [0.5, 0.6) is 0 Å². The molecule has 0 saturated carbocycles. The van der Waals surface area contributed by atoms with Crippen LogP contribution in [0.2, 0.25) is 0 Å². The maximum atomic E-state index is 4.68. The fourth-order valence-corrected chi connectivity index (χ4v) is 4.10. The predicted octanol–water partition coefficient (Wildman–Crippen LogP) is 7.51. The Morgan fingerprint density at radius 2 is 1.25 bits per heavy atom. The van der Waals surface area contributed by atoms with Crippen molar-refractivity contribution < 1.29 is 0 Å². The fourth-order valence-electron chi connectivity index (χ4n) is 4.10. The monoisotopic (exact) mass is 361 g/mol. The molecule has 1 nitrogen and oxygen atoms in total. The Bertz CT molecular complexity index is 1330. The molecule has 136 valence electrons. The van der Waals surface area contributed by atoms with Crippen molar-refractivity contribution in [3.8, 4) is 11.3 Å². The molecular formula is C27H23N. The molecule has 0 bridgehead atoms. The fraction of sp³-hybridized carbons (Fsp3) is 0.148. The van der Waals surface area contributed by atoms with Crippen molar-refractivity contribution in [2.75, 3.05) is 0 Å². The van der Waals surface area contributed by atoms with Gasteiger partial charge >= 0.3 is 0 Å². The first-order valence-electron chi connectivity index (χ1n) is 9.82. The lowest BCUT2D eigenvalue weighted by Crippen LogP contribution is -2.10. The van der Waals surface area contributed by atoms with Gasteiger partial charge in [-0.3, -0.25) is 4.98 Å². The van der Waals surface area contributed by atoms with Gasteiger partial charge in [0.25, 0.3) is 0 Å². The van der Waals surface area contributed by atoms with E-state index in [0.717, 1.165) is 11.3 Å². The summed E-state index contributed by atoms with van der Waals surface area (Å²) in [6.07, 6.45) is 1.93. The summed E-state index contributed by atoms with van der Waals surface area (Å²) < 4.78 is 0. The highest BCUT2D eigenvalue weighted by atomic mass is 14.7. The number of pyridine rings is 1. The van der Waals surface area contributed by atoms with Crippen LogP contribution in [-0.4, -0.2) is 4.98 Å². The van der Waals surface area contributed by atoms with E-state index in [2.05, 4.69) is 98.6 Å². The molecule has 0 spiro atoms. The van der Waals surface area contributed by atoms with Crippen LogP contribution >= 0.6 is 0 Å². The molecule has 5 aromatic rings. The van der Waals surface area contributed by atoms with E-state index >= 15 is 0 Å². The minimum Gasteiger partial charge on any atom is -0.256 e. The van der Waals surface area contributed by atoms with Gasteiger partial charge in [-0.15, -0.1) is 0 Å². The third-order valence-corrected chi connectivity index (χ3v) is 5.67. The lowest BCUT2D eigenvalue weighted by atomic mass is 9.85. The molecule has 1 heteroatoms. The van der Waals surface area contributed by atoms with Crippen LogP contribution < -0.4 is 0 Å². The Morgan fingerprint density at radius 1 is 0.607 bits per heavy atom. The molecule has 0 aliphatic rings. The number of benzene rings is 4. The summed E-state index contributed by atoms with van der Waals surface area (Å²) in [6.45, 7) is 6.79. The Balaban J connectivity index is 1.80. The van der Waals surface area contributed by atoms with Gasteiger partial charge in [-0.25, -0.2) is 0 Å². The van der Waals surface area contributed by atoms with E-state index in [4.69, 9.17) is 0 Å². The third-order valence-electron chi connectivity index (χ3n) is 5.67. The molecule has 0 fully saturated rings. The SMILES string of the molecule is CC(C)(C)c1ccc2c(ccc3c4ccnc(-c5ccccc5)c4ccc23)c1. The smallest absolute Gasteiger partial charge is 0.0780 e. The van der Waals surface area contributed by atoms with E-state index in [1.807, 2.05) is 12.3 Å². The molecular weight excluding hydrogens is 338 g/mol. The molecule has 0 atom stereocenters. The Hall–Kier alpha value is -3.19. The molecule has 4 aromatic carbocycles. The second-order valence-electron chi connectivity index (χ2n) is 8.53. The van der Waals surface area contributed by atoms with Crippen molar-refractivity contribution in [3.63, 3.8) is 0 Å². The number of fused-ring (bicyclic) bond motifs is 5. The van der Waals surface area contributed by atoms with Gasteiger partial charge < -0.3 is 0 Å². The van der Waals surface area contributed by atoms with Crippen LogP contribution in [0.15, 0.2) is 85.1 Å². The van der Waals surface area contributed by atoms with Gasteiger partial charge in [0, 0.05) is 17.1 Å². The summed E-state index contributed by atoms with van der Waals surface area (Å²) in [6, 6.07) is 28.5. The molecule has 0 unspecified atom stereocenters. The summed E-state index contributed by atoms with van der Waals surface area (Å²) in [7, 11) is 0. The first kappa shape index (κ1) is 16.9. The highest BCUT2D eigenvalue weighted by molar-refractivity contribution is 6.18. The number of aromatic nitrogens is 1. The summed E-state index contributed by atoms with van der Waals surface area (Å²) in [5.74, 6) is 0.